The highest BCUT2D eigenvalue weighted by molar-refractivity contribution is 5.54. The number of pyridine rings is 1. The van der Waals surface area contributed by atoms with Gasteiger partial charge in [0.1, 0.15) is 17.5 Å². The summed E-state index contributed by atoms with van der Waals surface area (Å²) in [5, 5.41) is 13.8. The molecule has 0 radical (unpaired) electrons. The van der Waals surface area contributed by atoms with Gasteiger partial charge in [-0.25, -0.2) is 15.2 Å². The number of nitro groups is 1. The van der Waals surface area contributed by atoms with Crippen LogP contribution in [0.25, 0.3) is 0 Å². The number of benzene rings is 1. The Morgan fingerprint density at radius 2 is 1.90 bits per heavy atom. The number of anilines is 2. The molecule has 1 heterocycles. The molecule has 0 bridgehead atoms. The summed E-state index contributed by atoms with van der Waals surface area (Å²) in [4.78, 5) is 14.3. The normalized spacial score (nSPS) is 10.2. The second-order valence-corrected chi connectivity index (χ2v) is 4.30. The van der Waals surface area contributed by atoms with Gasteiger partial charge in [0.2, 0.25) is 0 Å². The average molecular weight is 291 g/mol. The number of rotatable bonds is 6. The molecule has 0 atom stereocenters. The van der Waals surface area contributed by atoms with Crippen LogP contribution in [0.3, 0.4) is 0 Å². The van der Waals surface area contributed by atoms with E-state index in [1.165, 1.54) is 24.3 Å². The fourth-order valence-corrected chi connectivity index (χ4v) is 1.77. The lowest BCUT2D eigenvalue weighted by Gasteiger charge is -2.07. The maximum absolute atomic E-state index is 12.8. The third-order valence-corrected chi connectivity index (χ3v) is 2.80. The molecule has 1 aromatic heterocycles. The van der Waals surface area contributed by atoms with Gasteiger partial charge in [-0.05, 0) is 24.1 Å². The molecule has 7 nitrogen and oxygen atoms in total. The van der Waals surface area contributed by atoms with Gasteiger partial charge >= 0.3 is 0 Å². The predicted molar refractivity (Wildman–Crippen MR) is 77.3 cm³/mol. The topological polar surface area (TPSA) is 106 Å². The standard InChI is InChI=1S/C13H14FN5O2/c14-10-3-1-9(2-4-10)5-6-16-12-7-11(19(20)21)8-13(17-12)18-15/h1-4,7-8H,5-6,15H2,(H2,16,17,18). The highest BCUT2D eigenvalue weighted by atomic mass is 19.1. The molecule has 0 fully saturated rings. The third-order valence-electron chi connectivity index (χ3n) is 2.80. The van der Waals surface area contributed by atoms with Crippen LogP contribution in [-0.2, 0) is 6.42 Å². The SMILES string of the molecule is NNc1cc([N+](=O)[O-])cc(NCCc2ccc(F)cc2)n1. The van der Waals surface area contributed by atoms with E-state index in [-0.39, 0.29) is 17.3 Å². The molecule has 0 saturated carbocycles. The quantitative estimate of drug-likeness (QED) is 0.427. The molecular weight excluding hydrogens is 277 g/mol. The Kier molecular flexibility index (Phi) is 4.62. The molecule has 0 saturated heterocycles. The Bertz CT molecular complexity index is 633. The van der Waals surface area contributed by atoms with Gasteiger partial charge in [0.15, 0.2) is 0 Å². The highest BCUT2D eigenvalue weighted by Gasteiger charge is 2.10. The first-order valence-electron chi connectivity index (χ1n) is 6.20. The zero-order valence-electron chi connectivity index (χ0n) is 11.0. The van der Waals surface area contributed by atoms with E-state index in [9.17, 15) is 14.5 Å². The van der Waals surface area contributed by atoms with E-state index in [2.05, 4.69) is 15.7 Å². The van der Waals surface area contributed by atoms with E-state index < -0.39 is 4.92 Å². The van der Waals surface area contributed by atoms with Crippen molar-refractivity contribution in [2.24, 2.45) is 5.84 Å². The van der Waals surface area contributed by atoms with Crippen molar-refractivity contribution in [1.82, 2.24) is 4.98 Å². The van der Waals surface area contributed by atoms with Crippen molar-refractivity contribution in [3.05, 3.63) is 57.9 Å². The number of nitrogen functional groups attached to an aromatic ring is 1. The minimum absolute atomic E-state index is 0.109. The van der Waals surface area contributed by atoms with Crippen molar-refractivity contribution in [3.8, 4) is 0 Å². The third kappa shape index (κ3) is 4.11. The molecule has 0 spiro atoms. The van der Waals surface area contributed by atoms with E-state index in [1.807, 2.05) is 0 Å². The maximum atomic E-state index is 12.8. The number of hydrogen-bond donors (Lipinski definition) is 3. The van der Waals surface area contributed by atoms with Gasteiger partial charge in [0.25, 0.3) is 5.69 Å². The average Bonchev–Trinajstić information content (AvgIpc) is 2.49. The van der Waals surface area contributed by atoms with Crippen LogP contribution >= 0.6 is 0 Å². The van der Waals surface area contributed by atoms with Crippen LogP contribution in [0.5, 0.6) is 0 Å². The molecule has 1 aromatic carbocycles. The molecule has 0 amide bonds. The summed E-state index contributed by atoms with van der Waals surface area (Å²) in [5.41, 5.74) is 3.12. The first-order chi connectivity index (χ1) is 10.1. The van der Waals surface area contributed by atoms with Gasteiger partial charge in [0.05, 0.1) is 17.1 Å². The van der Waals surface area contributed by atoms with Crippen LogP contribution in [0.1, 0.15) is 5.56 Å². The van der Waals surface area contributed by atoms with Crippen molar-refractivity contribution >= 4 is 17.3 Å². The van der Waals surface area contributed by atoms with Crippen molar-refractivity contribution in [2.45, 2.75) is 6.42 Å². The lowest BCUT2D eigenvalue weighted by Crippen LogP contribution is -2.12. The number of aromatic nitrogens is 1. The summed E-state index contributed by atoms with van der Waals surface area (Å²) >= 11 is 0. The molecule has 0 aliphatic rings. The molecule has 2 aromatic rings. The molecule has 110 valence electrons. The monoisotopic (exact) mass is 291 g/mol. The summed E-state index contributed by atoms with van der Waals surface area (Å²) in [6.07, 6.45) is 0.635. The first kappa shape index (κ1) is 14.7. The molecule has 0 aliphatic carbocycles. The van der Waals surface area contributed by atoms with E-state index >= 15 is 0 Å². The number of hydrogen-bond acceptors (Lipinski definition) is 6. The van der Waals surface area contributed by atoms with Gasteiger partial charge in [-0.15, -0.1) is 0 Å². The Balaban J connectivity index is 2.00. The summed E-state index contributed by atoms with van der Waals surface area (Å²) in [6.45, 7) is 0.504. The molecule has 8 heteroatoms. The molecule has 2 rings (SSSR count). The predicted octanol–water partition coefficient (Wildman–Crippen LogP) is 2.07. The summed E-state index contributed by atoms with van der Waals surface area (Å²) < 4.78 is 12.8. The minimum Gasteiger partial charge on any atom is -0.369 e. The van der Waals surface area contributed by atoms with Gasteiger partial charge in [-0.2, -0.15) is 0 Å². The van der Waals surface area contributed by atoms with Crippen LogP contribution in [0, 0.1) is 15.9 Å². The first-order valence-corrected chi connectivity index (χ1v) is 6.20. The zero-order valence-corrected chi connectivity index (χ0v) is 11.0. The Morgan fingerprint density at radius 1 is 1.24 bits per heavy atom. The van der Waals surface area contributed by atoms with E-state index in [0.717, 1.165) is 5.56 Å². The number of nitrogens with one attached hydrogen (secondary N) is 2. The lowest BCUT2D eigenvalue weighted by molar-refractivity contribution is -0.384. The van der Waals surface area contributed by atoms with E-state index in [1.54, 1.807) is 12.1 Å². The smallest absolute Gasteiger partial charge is 0.276 e. The summed E-state index contributed by atoms with van der Waals surface area (Å²) in [7, 11) is 0. The van der Waals surface area contributed by atoms with Crippen LogP contribution < -0.4 is 16.6 Å². The van der Waals surface area contributed by atoms with Crippen molar-refractivity contribution < 1.29 is 9.31 Å². The Morgan fingerprint density at radius 3 is 2.52 bits per heavy atom. The summed E-state index contributed by atoms with van der Waals surface area (Å²) in [6, 6.07) is 8.71. The lowest BCUT2D eigenvalue weighted by atomic mass is 10.1. The van der Waals surface area contributed by atoms with Gasteiger partial charge in [0, 0.05) is 6.54 Å². The van der Waals surface area contributed by atoms with E-state index in [4.69, 9.17) is 5.84 Å². The number of hydrazine groups is 1. The van der Waals surface area contributed by atoms with Crippen LogP contribution in [0.4, 0.5) is 21.7 Å². The Labute approximate surface area is 120 Å². The molecule has 4 N–H and O–H groups in total. The fourth-order valence-electron chi connectivity index (χ4n) is 1.77. The minimum atomic E-state index is -0.520. The molecule has 0 unspecified atom stereocenters. The van der Waals surface area contributed by atoms with Crippen molar-refractivity contribution in [3.63, 3.8) is 0 Å². The van der Waals surface area contributed by atoms with Gasteiger partial charge in [-0.3, -0.25) is 10.1 Å². The summed E-state index contributed by atoms with van der Waals surface area (Å²) in [5.74, 6) is 5.49. The van der Waals surface area contributed by atoms with Crippen LogP contribution in [-0.4, -0.2) is 16.5 Å². The second-order valence-electron chi connectivity index (χ2n) is 4.30. The number of nitrogens with two attached hydrogens (primary N) is 1. The van der Waals surface area contributed by atoms with Crippen molar-refractivity contribution in [1.29, 1.82) is 0 Å². The maximum Gasteiger partial charge on any atom is 0.276 e. The molecule has 0 aliphatic heterocycles. The van der Waals surface area contributed by atoms with Crippen LogP contribution in [0.15, 0.2) is 36.4 Å². The van der Waals surface area contributed by atoms with E-state index in [0.29, 0.717) is 18.8 Å². The Hall–Kier alpha value is -2.74. The molecule has 21 heavy (non-hydrogen) atoms. The largest absolute Gasteiger partial charge is 0.369 e. The van der Waals surface area contributed by atoms with Gasteiger partial charge < -0.3 is 10.7 Å². The zero-order chi connectivity index (χ0) is 15.2. The van der Waals surface area contributed by atoms with Gasteiger partial charge in [-0.1, -0.05) is 12.1 Å². The van der Waals surface area contributed by atoms with Crippen molar-refractivity contribution in [2.75, 3.05) is 17.3 Å². The second kappa shape index (κ2) is 6.62. The molecular formula is C13H14FN5O2. The number of nitrogens with zero attached hydrogens (tertiary/aromatic N) is 2. The highest BCUT2D eigenvalue weighted by Crippen LogP contribution is 2.20. The number of halogens is 1. The van der Waals surface area contributed by atoms with Crippen LogP contribution in [0.2, 0.25) is 0 Å². The fraction of sp³-hybridized carbons (Fsp3) is 0.154.